The highest BCUT2D eigenvalue weighted by Crippen LogP contribution is 2.31. The average molecular weight is 374 g/mol. The number of rotatable bonds is 2. The Bertz CT molecular complexity index is 997. The molecular weight excluding hydrogens is 358 g/mol. The molecule has 0 aliphatic carbocycles. The molecule has 1 heterocycles. The standard InChI is InChI=1S/C18H16ClN3O2S/c1-9-6-10(2)16-15(7-9)21-17(24-16)12-4-5-13(19)14(8-12)22-18(25)20-11(3)23/h4-8H,1-3H3,(H2,20,22,23,25). The lowest BCUT2D eigenvalue weighted by molar-refractivity contribution is -0.117. The van der Waals surface area contributed by atoms with Crippen molar-refractivity contribution in [3.63, 3.8) is 0 Å². The fraction of sp³-hybridized carbons (Fsp3) is 0.167. The van der Waals surface area contributed by atoms with Crippen LogP contribution >= 0.6 is 23.8 Å². The van der Waals surface area contributed by atoms with Gasteiger partial charge in [0.15, 0.2) is 10.7 Å². The van der Waals surface area contributed by atoms with Crippen LogP contribution in [-0.4, -0.2) is 16.0 Å². The van der Waals surface area contributed by atoms with Gasteiger partial charge in [-0.15, -0.1) is 0 Å². The fourth-order valence-corrected chi connectivity index (χ4v) is 2.99. The van der Waals surface area contributed by atoms with Gasteiger partial charge in [-0.2, -0.15) is 0 Å². The number of benzene rings is 2. The number of amides is 1. The number of anilines is 1. The topological polar surface area (TPSA) is 67.2 Å². The van der Waals surface area contributed by atoms with E-state index in [-0.39, 0.29) is 11.0 Å². The van der Waals surface area contributed by atoms with Gasteiger partial charge in [-0.05, 0) is 61.5 Å². The van der Waals surface area contributed by atoms with Crippen molar-refractivity contribution in [1.29, 1.82) is 0 Å². The van der Waals surface area contributed by atoms with Crippen LogP contribution in [0.1, 0.15) is 18.1 Å². The molecule has 0 aliphatic heterocycles. The molecule has 3 rings (SSSR count). The van der Waals surface area contributed by atoms with Crippen molar-refractivity contribution in [1.82, 2.24) is 10.3 Å². The number of fused-ring (bicyclic) bond motifs is 1. The molecule has 0 aliphatic rings. The smallest absolute Gasteiger partial charge is 0.227 e. The van der Waals surface area contributed by atoms with Gasteiger partial charge < -0.3 is 15.1 Å². The molecule has 0 saturated heterocycles. The van der Waals surface area contributed by atoms with Crippen LogP contribution in [0.25, 0.3) is 22.6 Å². The Morgan fingerprint density at radius 3 is 2.72 bits per heavy atom. The van der Waals surface area contributed by atoms with Crippen molar-refractivity contribution in [3.8, 4) is 11.5 Å². The van der Waals surface area contributed by atoms with Crippen LogP contribution in [0.2, 0.25) is 5.02 Å². The van der Waals surface area contributed by atoms with Crippen LogP contribution in [0.5, 0.6) is 0 Å². The molecule has 0 fully saturated rings. The lowest BCUT2D eigenvalue weighted by atomic mass is 10.1. The summed E-state index contributed by atoms with van der Waals surface area (Å²) in [5.41, 5.74) is 5.06. The Balaban J connectivity index is 1.98. The molecule has 1 amide bonds. The van der Waals surface area contributed by atoms with Gasteiger partial charge in [-0.3, -0.25) is 4.79 Å². The molecule has 0 atom stereocenters. The number of hydrogen-bond donors (Lipinski definition) is 2. The number of carbonyl (C=O) groups excluding carboxylic acids is 1. The maximum absolute atomic E-state index is 11.1. The number of hydrogen-bond acceptors (Lipinski definition) is 4. The maximum Gasteiger partial charge on any atom is 0.227 e. The summed E-state index contributed by atoms with van der Waals surface area (Å²) < 4.78 is 5.92. The van der Waals surface area contributed by atoms with Gasteiger partial charge in [-0.25, -0.2) is 4.98 Å². The summed E-state index contributed by atoms with van der Waals surface area (Å²) in [6.07, 6.45) is 0. The third-order valence-corrected chi connectivity index (χ3v) is 4.10. The molecule has 2 N–H and O–H groups in total. The first-order valence-corrected chi connectivity index (χ1v) is 8.38. The van der Waals surface area contributed by atoms with E-state index < -0.39 is 0 Å². The second-order valence-corrected chi connectivity index (χ2v) is 6.59. The summed E-state index contributed by atoms with van der Waals surface area (Å²) in [4.78, 5) is 15.6. The van der Waals surface area contributed by atoms with Crippen molar-refractivity contribution < 1.29 is 9.21 Å². The van der Waals surface area contributed by atoms with Crippen LogP contribution in [0.15, 0.2) is 34.7 Å². The third-order valence-electron chi connectivity index (χ3n) is 3.57. The molecule has 2 aromatic carbocycles. The molecule has 0 radical (unpaired) electrons. The van der Waals surface area contributed by atoms with E-state index in [4.69, 9.17) is 28.2 Å². The minimum absolute atomic E-state index is 0.176. The van der Waals surface area contributed by atoms with Gasteiger partial charge in [0.2, 0.25) is 11.8 Å². The monoisotopic (exact) mass is 373 g/mol. The van der Waals surface area contributed by atoms with Gasteiger partial charge in [0.25, 0.3) is 0 Å². The molecule has 0 unspecified atom stereocenters. The Morgan fingerprint density at radius 2 is 2.00 bits per heavy atom. The summed E-state index contributed by atoms with van der Waals surface area (Å²) in [6, 6.07) is 9.36. The van der Waals surface area contributed by atoms with Gasteiger partial charge in [-0.1, -0.05) is 17.7 Å². The molecule has 0 bridgehead atoms. The van der Waals surface area contributed by atoms with E-state index in [2.05, 4.69) is 21.7 Å². The Hall–Kier alpha value is -2.44. The predicted molar refractivity (Wildman–Crippen MR) is 104 cm³/mol. The third kappa shape index (κ3) is 3.81. The predicted octanol–water partition coefficient (Wildman–Crippen LogP) is 4.60. The number of nitrogens with one attached hydrogen (secondary N) is 2. The molecule has 25 heavy (non-hydrogen) atoms. The van der Waals surface area contributed by atoms with E-state index in [9.17, 15) is 4.79 Å². The van der Waals surface area contributed by atoms with Gasteiger partial charge in [0, 0.05) is 12.5 Å². The molecule has 0 spiro atoms. The molecule has 128 valence electrons. The lowest BCUT2D eigenvalue weighted by Gasteiger charge is -2.10. The van der Waals surface area contributed by atoms with Crippen molar-refractivity contribution in [2.75, 3.05) is 5.32 Å². The summed E-state index contributed by atoms with van der Waals surface area (Å²) in [7, 11) is 0. The number of carbonyl (C=O) groups is 1. The van der Waals surface area contributed by atoms with Crippen LogP contribution in [-0.2, 0) is 4.79 Å². The zero-order valence-corrected chi connectivity index (χ0v) is 15.5. The van der Waals surface area contributed by atoms with Gasteiger partial charge in [0.05, 0.1) is 10.7 Å². The van der Waals surface area contributed by atoms with Crippen LogP contribution < -0.4 is 10.6 Å². The Kier molecular flexibility index (Phi) is 4.74. The largest absolute Gasteiger partial charge is 0.436 e. The van der Waals surface area contributed by atoms with Gasteiger partial charge >= 0.3 is 0 Å². The highest BCUT2D eigenvalue weighted by molar-refractivity contribution is 7.80. The van der Waals surface area contributed by atoms with Crippen LogP contribution in [0.3, 0.4) is 0 Å². The van der Waals surface area contributed by atoms with Crippen LogP contribution in [0.4, 0.5) is 5.69 Å². The van der Waals surface area contributed by atoms with Crippen molar-refractivity contribution in [2.24, 2.45) is 0 Å². The molecular formula is C18H16ClN3O2S. The average Bonchev–Trinajstić information content (AvgIpc) is 2.92. The van der Waals surface area contributed by atoms with E-state index in [1.165, 1.54) is 6.92 Å². The molecule has 3 aromatic rings. The summed E-state index contributed by atoms with van der Waals surface area (Å²) >= 11 is 11.3. The zero-order chi connectivity index (χ0) is 18.1. The van der Waals surface area contributed by atoms with Gasteiger partial charge in [0.1, 0.15) is 5.52 Å². The minimum atomic E-state index is -0.255. The lowest BCUT2D eigenvalue weighted by Crippen LogP contribution is -2.32. The van der Waals surface area contributed by atoms with Crippen molar-refractivity contribution in [2.45, 2.75) is 20.8 Å². The first-order valence-electron chi connectivity index (χ1n) is 7.60. The first-order chi connectivity index (χ1) is 11.8. The second kappa shape index (κ2) is 6.82. The highest BCUT2D eigenvalue weighted by atomic mass is 35.5. The fourth-order valence-electron chi connectivity index (χ4n) is 2.57. The van der Waals surface area contributed by atoms with Crippen LogP contribution in [0, 0.1) is 13.8 Å². The highest BCUT2D eigenvalue weighted by Gasteiger charge is 2.13. The molecule has 1 aromatic heterocycles. The van der Waals surface area contributed by atoms with E-state index in [1.54, 1.807) is 12.1 Å². The second-order valence-electron chi connectivity index (χ2n) is 5.78. The number of oxazole rings is 1. The number of halogens is 1. The molecule has 0 saturated carbocycles. The quantitative estimate of drug-likeness (QED) is 0.642. The summed E-state index contributed by atoms with van der Waals surface area (Å²) in [5.74, 6) is 0.239. The van der Waals surface area contributed by atoms with Crippen molar-refractivity contribution >= 4 is 51.6 Å². The maximum atomic E-state index is 11.1. The Labute approximate surface area is 155 Å². The summed E-state index contributed by atoms with van der Waals surface area (Å²) in [6.45, 7) is 5.40. The Morgan fingerprint density at radius 1 is 1.24 bits per heavy atom. The number of thiocarbonyl (C=S) groups is 1. The number of aromatic nitrogens is 1. The number of nitrogens with zero attached hydrogens (tertiary/aromatic N) is 1. The van der Waals surface area contributed by atoms with E-state index in [0.29, 0.717) is 16.6 Å². The zero-order valence-electron chi connectivity index (χ0n) is 13.9. The van der Waals surface area contributed by atoms with Crippen molar-refractivity contribution in [3.05, 3.63) is 46.5 Å². The SMILES string of the molecule is CC(=O)NC(=S)Nc1cc(-c2nc3cc(C)cc(C)c3o2)ccc1Cl. The van der Waals surface area contributed by atoms with E-state index >= 15 is 0 Å². The van der Waals surface area contributed by atoms with E-state index in [1.807, 2.05) is 26.0 Å². The molecule has 7 heteroatoms. The molecule has 5 nitrogen and oxygen atoms in total. The number of aryl methyl sites for hydroxylation is 2. The first kappa shape index (κ1) is 17.4. The van der Waals surface area contributed by atoms with E-state index in [0.717, 1.165) is 27.8 Å². The summed E-state index contributed by atoms with van der Waals surface area (Å²) in [5, 5.41) is 6.05. The normalized spacial score (nSPS) is 10.7. The minimum Gasteiger partial charge on any atom is -0.436 e.